The molecule has 4 atom stereocenters. The van der Waals surface area contributed by atoms with E-state index >= 15 is 0 Å². The summed E-state index contributed by atoms with van der Waals surface area (Å²) in [4.78, 5) is 19.8. The van der Waals surface area contributed by atoms with Crippen LogP contribution in [0.4, 0.5) is 0 Å². The molecule has 2 aliphatic rings. The molecule has 156 valence electrons. The molecule has 2 fully saturated rings. The lowest BCUT2D eigenvalue weighted by atomic mass is 9.78. The first kappa shape index (κ1) is 19.5. The number of rotatable bonds is 5. The molecule has 1 aliphatic heterocycles. The van der Waals surface area contributed by atoms with Gasteiger partial charge in [0.25, 0.3) is 5.91 Å². The molecule has 0 unspecified atom stereocenters. The Morgan fingerprint density at radius 2 is 2.00 bits per heavy atom. The number of primary amides is 1. The number of benzene rings is 1. The van der Waals surface area contributed by atoms with Gasteiger partial charge in [-0.25, -0.2) is 4.98 Å². The Hall–Kier alpha value is -2.48. The Bertz CT molecular complexity index is 1060. The van der Waals surface area contributed by atoms with E-state index in [2.05, 4.69) is 27.4 Å². The van der Waals surface area contributed by atoms with Crippen LogP contribution < -0.4 is 10.5 Å². The molecule has 1 amide bonds. The van der Waals surface area contributed by atoms with E-state index in [4.69, 9.17) is 10.5 Å². The maximum atomic E-state index is 11.5. The third-order valence-electron chi connectivity index (χ3n) is 6.33. The van der Waals surface area contributed by atoms with Crippen molar-refractivity contribution in [1.29, 1.82) is 0 Å². The standard InChI is InChI=1S/C23H25N3O3S/c24-23(28)18-7-6-14-3-1-5-20(22(14)25-18)29-21-10-16-12-26(11-15(16)9-19(21)27)13-17-4-2-8-30-17/h1-8,15-16,19,21,27H,9-13H2,(H2,24,28)/t15-,16+,19+,21+/m0/s1. The Kier molecular flexibility index (Phi) is 5.18. The van der Waals surface area contributed by atoms with Crippen LogP contribution in [0.5, 0.6) is 5.75 Å². The summed E-state index contributed by atoms with van der Waals surface area (Å²) >= 11 is 1.79. The van der Waals surface area contributed by atoms with Crippen molar-refractivity contribution < 1.29 is 14.6 Å². The third-order valence-corrected chi connectivity index (χ3v) is 7.20. The van der Waals surface area contributed by atoms with Crippen LogP contribution in [-0.2, 0) is 6.54 Å². The molecular weight excluding hydrogens is 398 g/mol. The van der Waals surface area contributed by atoms with E-state index in [-0.39, 0.29) is 11.8 Å². The summed E-state index contributed by atoms with van der Waals surface area (Å²) in [5, 5.41) is 13.8. The van der Waals surface area contributed by atoms with Crippen LogP contribution in [-0.4, -0.2) is 46.2 Å². The monoisotopic (exact) mass is 423 g/mol. The lowest BCUT2D eigenvalue weighted by Gasteiger charge is -2.35. The number of nitrogens with two attached hydrogens (primary N) is 1. The van der Waals surface area contributed by atoms with E-state index < -0.39 is 12.0 Å². The molecule has 3 N–H and O–H groups in total. The zero-order valence-corrected chi connectivity index (χ0v) is 17.4. The zero-order valence-electron chi connectivity index (χ0n) is 16.6. The minimum atomic E-state index is -0.566. The molecule has 30 heavy (non-hydrogen) atoms. The predicted molar refractivity (Wildman–Crippen MR) is 116 cm³/mol. The first-order valence-corrected chi connectivity index (χ1v) is 11.2. The van der Waals surface area contributed by atoms with E-state index in [9.17, 15) is 9.90 Å². The highest BCUT2D eigenvalue weighted by atomic mass is 32.1. The number of carbonyl (C=O) groups is 1. The highest BCUT2D eigenvalue weighted by molar-refractivity contribution is 7.09. The van der Waals surface area contributed by atoms with Crippen LogP contribution in [0.25, 0.3) is 10.9 Å². The SMILES string of the molecule is NC(=O)c1ccc2cccc(O[C@@H]3C[C@@H]4CN(Cc5cccs5)C[C@@H]4C[C@H]3O)c2n1. The van der Waals surface area contributed by atoms with Crippen molar-refractivity contribution >= 4 is 28.1 Å². The van der Waals surface area contributed by atoms with Crippen LogP contribution >= 0.6 is 11.3 Å². The number of para-hydroxylation sites is 1. The molecule has 1 aromatic carbocycles. The number of aliphatic hydroxyl groups is 1. The minimum absolute atomic E-state index is 0.211. The minimum Gasteiger partial charge on any atom is -0.485 e. The topological polar surface area (TPSA) is 88.7 Å². The highest BCUT2D eigenvalue weighted by Crippen LogP contribution is 2.39. The van der Waals surface area contributed by atoms with Gasteiger partial charge in [0, 0.05) is 29.9 Å². The molecule has 3 heterocycles. The van der Waals surface area contributed by atoms with Gasteiger partial charge in [0.1, 0.15) is 23.1 Å². The molecule has 1 saturated heterocycles. The third kappa shape index (κ3) is 3.80. The number of pyridine rings is 1. The Balaban J connectivity index is 1.32. The second-order valence-electron chi connectivity index (χ2n) is 8.38. The van der Waals surface area contributed by atoms with E-state index in [0.717, 1.165) is 37.9 Å². The molecule has 0 radical (unpaired) electrons. The molecule has 7 heteroatoms. The number of hydrogen-bond acceptors (Lipinski definition) is 6. The molecule has 2 aromatic heterocycles. The van der Waals surface area contributed by atoms with Crippen molar-refractivity contribution in [3.05, 3.63) is 58.4 Å². The Morgan fingerprint density at radius 3 is 2.77 bits per heavy atom. The fourth-order valence-corrected chi connectivity index (χ4v) is 5.63. The molecule has 6 nitrogen and oxygen atoms in total. The van der Waals surface area contributed by atoms with Crippen molar-refractivity contribution in [2.24, 2.45) is 17.6 Å². The molecule has 1 saturated carbocycles. The quantitative estimate of drug-likeness (QED) is 0.659. The fourth-order valence-electron chi connectivity index (χ4n) is 4.88. The number of hydrogen-bond donors (Lipinski definition) is 2. The lowest BCUT2D eigenvalue weighted by Crippen LogP contribution is -2.42. The molecule has 3 aromatic rings. The van der Waals surface area contributed by atoms with Crippen LogP contribution in [0.3, 0.4) is 0 Å². The summed E-state index contributed by atoms with van der Waals surface area (Å²) in [7, 11) is 0. The number of likely N-dealkylation sites (tertiary alicyclic amines) is 1. The summed E-state index contributed by atoms with van der Waals surface area (Å²) in [6.07, 6.45) is 0.778. The number of carbonyl (C=O) groups excluding carboxylic acids is 1. The number of thiophene rings is 1. The van der Waals surface area contributed by atoms with Crippen LogP contribution in [0.2, 0.25) is 0 Å². The lowest BCUT2D eigenvalue weighted by molar-refractivity contribution is -0.0225. The summed E-state index contributed by atoms with van der Waals surface area (Å²) in [6, 6.07) is 13.4. The van der Waals surface area contributed by atoms with E-state index in [1.165, 1.54) is 4.88 Å². The summed E-state index contributed by atoms with van der Waals surface area (Å²) < 4.78 is 6.28. The maximum absolute atomic E-state index is 11.5. The van der Waals surface area contributed by atoms with Crippen molar-refractivity contribution in [3.8, 4) is 5.75 Å². The van der Waals surface area contributed by atoms with Gasteiger partial charge in [-0.3, -0.25) is 9.69 Å². The molecule has 5 rings (SSSR count). The summed E-state index contributed by atoms with van der Waals surface area (Å²) in [5.41, 5.74) is 6.21. The van der Waals surface area contributed by atoms with E-state index in [1.54, 1.807) is 17.4 Å². The zero-order chi connectivity index (χ0) is 20.7. The molecular formula is C23H25N3O3S. The smallest absolute Gasteiger partial charge is 0.267 e. The average molecular weight is 424 g/mol. The fraction of sp³-hybridized carbons (Fsp3) is 0.391. The number of ether oxygens (including phenoxy) is 1. The van der Waals surface area contributed by atoms with Crippen molar-refractivity contribution in [2.75, 3.05) is 13.1 Å². The largest absolute Gasteiger partial charge is 0.485 e. The molecule has 0 spiro atoms. The first-order valence-electron chi connectivity index (χ1n) is 10.4. The van der Waals surface area contributed by atoms with E-state index in [0.29, 0.717) is 23.1 Å². The van der Waals surface area contributed by atoms with Gasteiger partial charge in [-0.2, -0.15) is 0 Å². The maximum Gasteiger partial charge on any atom is 0.267 e. The van der Waals surface area contributed by atoms with Gasteiger partial charge in [-0.15, -0.1) is 11.3 Å². The normalized spacial score (nSPS) is 26.6. The van der Waals surface area contributed by atoms with Gasteiger partial charge < -0.3 is 15.6 Å². The predicted octanol–water partition coefficient (Wildman–Crippen LogP) is 3.05. The molecule has 0 bridgehead atoms. The second-order valence-corrected chi connectivity index (χ2v) is 9.41. The van der Waals surface area contributed by atoms with Crippen molar-refractivity contribution in [2.45, 2.75) is 31.6 Å². The number of nitrogens with zero attached hydrogens (tertiary/aromatic N) is 2. The first-order chi connectivity index (χ1) is 14.6. The van der Waals surface area contributed by atoms with Crippen LogP contribution in [0.1, 0.15) is 28.2 Å². The molecule has 1 aliphatic carbocycles. The van der Waals surface area contributed by atoms with Gasteiger partial charge in [-0.1, -0.05) is 24.3 Å². The Labute approximate surface area is 179 Å². The van der Waals surface area contributed by atoms with Crippen LogP contribution in [0, 0.1) is 11.8 Å². The van der Waals surface area contributed by atoms with Crippen LogP contribution in [0.15, 0.2) is 47.8 Å². The van der Waals surface area contributed by atoms with Gasteiger partial charge in [0.2, 0.25) is 0 Å². The number of aromatic nitrogens is 1. The van der Waals surface area contributed by atoms with Crippen molar-refractivity contribution in [3.63, 3.8) is 0 Å². The van der Waals surface area contributed by atoms with E-state index in [1.807, 2.05) is 24.3 Å². The number of amides is 1. The van der Waals surface area contributed by atoms with Gasteiger partial charge >= 0.3 is 0 Å². The van der Waals surface area contributed by atoms with Crippen molar-refractivity contribution in [1.82, 2.24) is 9.88 Å². The van der Waals surface area contributed by atoms with Gasteiger partial charge in [-0.05, 0) is 48.3 Å². The van der Waals surface area contributed by atoms with Gasteiger partial charge in [0.05, 0.1) is 6.10 Å². The second kappa shape index (κ2) is 7.98. The Morgan fingerprint density at radius 1 is 1.17 bits per heavy atom. The summed E-state index contributed by atoms with van der Waals surface area (Å²) in [5.74, 6) is 1.05. The highest BCUT2D eigenvalue weighted by Gasteiger charge is 2.42. The average Bonchev–Trinajstić information content (AvgIpc) is 3.37. The number of fused-ring (bicyclic) bond motifs is 2. The number of aliphatic hydroxyl groups excluding tert-OH is 1. The summed E-state index contributed by atoms with van der Waals surface area (Å²) in [6.45, 7) is 3.05. The van der Waals surface area contributed by atoms with Gasteiger partial charge in [0.15, 0.2) is 0 Å².